The lowest BCUT2D eigenvalue weighted by atomic mass is 10.3. The molecule has 0 aromatic carbocycles. The lowest BCUT2D eigenvalue weighted by Gasteiger charge is -2.26. The Bertz CT molecular complexity index is 147. The van der Waals surface area contributed by atoms with E-state index in [2.05, 4.69) is 30.4 Å². The first-order chi connectivity index (χ1) is 5.79. The molecule has 0 radical (unpaired) electrons. The molecule has 1 aliphatic heterocycles. The van der Waals surface area contributed by atoms with Crippen LogP contribution in [0.25, 0.3) is 0 Å². The van der Waals surface area contributed by atoms with Crippen molar-refractivity contribution in [3.05, 3.63) is 11.6 Å². The van der Waals surface area contributed by atoms with Gasteiger partial charge in [-0.1, -0.05) is 11.6 Å². The predicted molar refractivity (Wildman–Crippen MR) is 49.8 cm³/mol. The second-order valence-electron chi connectivity index (χ2n) is 3.24. The average Bonchev–Trinajstić information content (AvgIpc) is 2.05. The van der Waals surface area contributed by atoms with Crippen molar-refractivity contribution >= 4 is 0 Å². The van der Waals surface area contributed by atoms with Crippen LogP contribution in [-0.4, -0.2) is 37.9 Å². The van der Waals surface area contributed by atoms with Crippen molar-refractivity contribution in [1.29, 1.82) is 0 Å². The minimum absolute atomic E-state index is 0.849. The lowest BCUT2D eigenvalue weighted by molar-refractivity contribution is 0.0143. The molecule has 0 unspecified atom stereocenters. The minimum atomic E-state index is 0.849. The summed E-state index contributed by atoms with van der Waals surface area (Å²) in [6, 6.07) is 0. The maximum atomic E-state index is 5.23. The van der Waals surface area contributed by atoms with Crippen LogP contribution < -0.4 is 5.43 Å². The van der Waals surface area contributed by atoms with E-state index in [0.717, 1.165) is 32.8 Å². The van der Waals surface area contributed by atoms with Crippen LogP contribution in [0.2, 0.25) is 0 Å². The Balaban J connectivity index is 2.09. The van der Waals surface area contributed by atoms with Crippen LogP contribution in [0.5, 0.6) is 0 Å². The highest BCUT2D eigenvalue weighted by atomic mass is 16.5. The van der Waals surface area contributed by atoms with Gasteiger partial charge in [-0.05, 0) is 13.8 Å². The van der Waals surface area contributed by atoms with Crippen molar-refractivity contribution in [2.45, 2.75) is 13.8 Å². The van der Waals surface area contributed by atoms with Gasteiger partial charge in [0, 0.05) is 19.6 Å². The van der Waals surface area contributed by atoms with Crippen LogP contribution in [0, 0.1) is 0 Å². The number of hydrogen-bond acceptors (Lipinski definition) is 3. The first-order valence-corrected chi connectivity index (χ1v) is 4.48. The van der Waals surface area contributed by atoms with E-state index >= 15 is 0 Å². The molecule has 12 heavy (non-hydrogen) atoms. The van der Waals surface area contributed by atoms with Crippen LogP contribution in [-0.2, 0) is 4.74 Å². The van der Waals surface area contributed by atoms with E-state index in [9.17, 15) is 0 Å². The highest BCUT2D eigenvalue weighted by Gasteiger charge is 2.07. The van der Waals surface area contributed by atoms with Gasteiger partial charge in [0.05, 0.1) is 13.2 Å². The molecule has 3 heteroatoms. The molecule has 0 spiro atoms. The fourth-order valence-corrected chi connectivity index (χ4v) is 1.10. The largest absolute Gasteiger partial charge is 0.379 e. The van der Waals surface area contributed by atoms with E-state index in [1.165, 1.54) is 5.57 Å². The van der Waals surface area contributed by atoms with Crippen LogP contribution in [0.1, 0.15) is 13.8 Å². The SMILES string of the molecule is CC(C)=CCNN1CCOCC1. The van der Waals surface area contributed by atoms with E-state index in [1.807, 2.05) is 0 Å². The zero-order valence-electron chi connectivity index (χ0n) is 7.97. The molecule has 0 bridgehead atoms. The summed E-state index contributed by atoms with van der Waals surface area (Å²) in [6.07, 6.45) is 2.19. The number of ether oxygens (including phenoxy) is 1. The summed E-state index contributed by atoms with van der Waals surface area (Å²) in [7, 11) is 0. The van der Waals surface area contributed by atoms with Gasteiger partial charge < -0.3 is 4.74 Å². The van der Waals surface area contributed by atoms with E-state index in [0.29, 0.717) is 0 Å². The molecule has 0 saturated carbocycles. The molecule has 0 aromatic rings. The molecule has 3 nitrogen and oxygen atoms in total. The van der Waals surface area contributed by atoms with Crippen molar-refractivity contribution in [2.75, 3.05) is 32.8 Å². The van der Waals surface area contributed by atoms with Gasteiger partial charge >= 0.3 is 0 Å². The van der Waals surface area contributed by atoms with Gasteiger partial charge in [-0.25, -0.2) is 5.01 Å². The topological polar surface area (TPSA) is 24.5 Å². The third-order valence-electron chi connectivity index (χ3n) is 1.84. The average molecular weight is 170 g/mol. The molecule has 1 N–H and O–H groups in total. The van der Waals surface area contributed by atoms with Gasteiger partial charge in [-0.2, -0.15) is 0 Å². The lowest BCUT2D eigenvalue weighted by Crippen LogP contribution is -2.45. The third kappa shape index (κ3) is 3.85. The second kappa shape index (κ2) is 5.30. The van der Waals surface area contributed by atoms with Gasteiger partial charge in [0.25, 0.3) is 0 Å². The Kier molecular flexibility index (Phi) is 4.29. The standard InChI is InChI=1S/C9H18N2O/c1-9(2)3-4-10-11-5-7-12-8-6-11/h3,10H,4-8H2,1-2H3. The summed E-state index contributed by atoms with van der Waals surface area (Å²) >= 11 is 0. The number of hydrogen-bond donors (Lipinski definition) is 1. The second-order valence-corrected chi connectivity index (χ2v) is 3.24. The molecule has 0 aliphatic carbocycles. The van der Waals surface area contributed by atoms with Crippen LogP contribution in [0.15, 0.2) is 11.6 Å². The summed E-state index contributed by atoms with van der Waals surface area (Å²) in [4.78, 5) is 0. The Morgan fingerprint density at radius 2 is 2.08 bits per heavy atom. The number of allylic oxidation sites excluding steroid dienone is 1. The first-order valence-electron chi connectivity index (χ1n) is 4.48. The number of rotatable bonds is 3. The van der Waals surface area contributed by atoms with Gasteiger partial charge in [0.1, 0.15) is 0 Å². The molecule has 1 aliphatic rings. The molecule has 1 rings (SSSR count). The van der Waals surface area contributed by atoms with E-state index in [1.54, 1.807) is 0 Å². The number of nitrogens with zero attached hydrogens (tertiary/aromatic N) is 1. The fourth-order valence-electron chi connectivity index (χ4n) is 1.10. The molecule has 1 saturated heterocycles. The van der Waals surface area contributed by atoms with Gasteiger partial charge in [-0.3, -0.25) is 5.43 Å². The quantitative estimate of drug-likeness (QED) is 0.634. The monoisotopic (exact) mass is 170 g/mol. The highest BCUT2D eigenvalue weighted by Crippen LogP contribution is 1.92. The molecular weight excluding hydrogens is 152 g/mol. The zero-order valence-corrected chi connectivity index (χ0v) is 7.97. The summed E-state index contributed by atoms with van der Waals surface area (Å²) in [6.45, 7) is 8.85. The van der Waals surface area contributed by atoms with Crippen LogP contribution in [0.4, 0.5) is 0 Å². The van der Waals surface area contributed by atoms with Crippen molar-refractivity contribution in [2.24, 2.45) is 0 Å². The van der Waals surface area contributed by atoms with Crippen molar-refractivity contribution in [1.82, 2.24) is 10.4 Å². The Hall–Kier alpha value is -0.380. The van der Waals surface area contributed by atoms with E-state index in [4.69, 9.17) is 4.74 Å². The molecular formula is C9H18N2O. The number of nitrogens with one attached hydrogen (secondary N) is 1. The van der Waals surface area contributed by atoms with Gasteiger partial charge in [-0.15, -0.1) is 0 Å². The molecule has 0 atom stereocenters. The molecule has 0 aromatic heterocycles. The minimum Gasteiger partial charge on any atom is -0.379 e. The van der Waals surface area contributed by atoms with E-state index < -0.39 is 0 Å². The first kappa shape index (κ1) is 9.71. The summed E-state index contributed by atoms with van der Waals surface area (Å²) in [5.74, 6) is 0. The van der Waals surface area contributed by atoms with E-state index in [-0.39, 0.29) is 0 Å². The van der Waals surface area contributed by atoms with Crippen molar-refractivity contribution in [3.8, 4) is 0 Å². The maximum absolute atomic E-state index is 5.23. The molecule has 70 valence electrons. The third-order valence-corrected chi connectivity index (χ3v) is 1.84. The maximum Gasteiger partial charge on any atom is 0.0608 e. The fraction of sp³-hybridized carbons (Fsp3) is 0.778. The van der Waals surface area contributed by atoms with Gasteiger partial charge in [0.15, 0.2) is 0 Å². The Labute approximate surface area is 74.4 Å². The Morgan fingerprint density at radius 3 is 2.67 bits per heavy atom. The summed E-state index contributed by atoms with van der Waals surface area (Å²) in [5, 5.41) is 2.21. The van der Waals surface area contributed by atoms with Crippen molar-refractivity contribution < 1.29 is 4.74 Å². The normalized spacial score (nSPS) is 19.2. The number of morpholine rings is 1. The predicted octanol–water partition coefficient (Wildman–Crippen LogP) is 0.789. The zero-order chi connectivity index (χ0) is 8.81. The Morgan fingerprint density at radius 1 is 1.42 bits per heavy atom. The molecule has 1 heterocycles. The molecule has 1 fully saturated rings. The summed E-state index contributed by atoms with van der Waals surface area (Å²) in [5.41, 5.74) is 4.69. The number of hydrazine groups is 1. The molecule has 0 amide bonds. The van der Waals surface area contributed by atoms with Crippen LogP contribution in [0.3, 0.4) is 0 Å². The van der Waals surface area contributed by atoms with Crippen molar-refractivity contribution in [3.63, 3.8) is 0 Å². The van der Waals surface area contributed by atoms with Crippen LogP contribution >= 0.6 is 0 Å². The summed E-state index contributed by atoms with van der Waals surface area (Å²) < 4.78 is 5.23. The van der Waals surface area contributed by atoms with Gasteiger partial charge in [0.2, 0.25) is 0 Å². The highest BCUT2D eigenvalue weighted by molar-refractivity contribution is 4.94. The smallest absolute Gasteiger partial charge is 0.0608 e.